The third-order valence-electron chi connectivity index (χ3n) is 6.53. The summed E-state index contributed by atoms with van der Waals surface area (Å²) in [5, 5.41) is 13.0. The molecule has 0 bridgehead atoms. The van der Waals surface area contributed by atoms with Gasteiger partial charge in [0.25, 0.3) is 0 Å². The normalized spacial score (nSPS) is 17.3. The van der Waals surface area contributed by atoms with Gasteiger partial charge in [0, 0.05) is 24.8 Å². The average Bonchev–Trinajstić information content (AvgIpc) is 3.33. The van der Waals surface area contributed by atoms with Crippen LogP contribution in [0.2, 0.25) is 0 Å². The largest absolute Gasteiger partial charge is 0.398 e. The van der Waals surface area contributed by atoms with Crippen molar-refractivity contribution in [2.24, 2.45) is 5.92 Å². The minimum Gasteiger partial charge on any atom is -0.398 e. The number of para-hydroxylation sites is 1. The van der Waals surface area contributed by atoms with Crippen LogP contribution < -0.4 is 11.1 Å². The predicted molar refractivity (Wildman–Crippen MR) is 136 cm³/mol. The molecule has 0 aliphatic carbocycles. The van der Waals surface area contributed by atoms with Crippen molar-refractivity contribution in [1.82, 2.24) is 15.1 Å². The number of aliphatic hydroxyl groups excluding tert-OH is 1. The van der Waals surface area contributed by atoms with Gasteiger partial charge in [0.05, 0.1) is 12.6 Å². The van der Waals surface area contributed by atoms with Crippen LogP contribution in [0.1, 0.15) is 38.3 Å². The third-order valence-corrected chi connectivity index (χ3v) is 6.53. The Labute approximate surface area is 202 Å². The van der Waals surface area contributed by atoms with Crippen LogP contribution in [0.5, 0.6) is 0 Å². The van der Waals surface area contributed by atoms with Crippen molar-refractivity contribution >= 4 is 17.5 Å². The summed E-state index contributed by atoms with van der Waals surface area (Å²) < 4.78 is 0. The predicted octanol–water partition coefficient (Wildman–Crippen LogP) is 3.18. The van der Waals surface area contributed by atoms with Crippen LogP contribution in [-0.2, 0) is 9.59 Å². The zero-order chi connectivity index (χ0) is 24.8. The zero-order valence-electron chi connectivity index (χ0n) is 20.3. The van der Waals surface area contributed by atoms with Gasteiger partial charge in [-0.1, -0.05) is 62.9 Å². The fourth-order valence-corrected chi connectivity index (χ4v) is 4.67. The number of nitrogens with one attached hydrogen (secondary N) is 1. The molecule has 7 nitrogen and oxygen atoms in total. The SMILES string of the molecule is C=CN(C)[C@H](C(=O)N1CCC[C@H]1C(=O)N[C@@H](CO)c1ccc(-c2ccccc2N)cc1)C(C)C. The van der Waals surface area contributed by atoms with Crippen molar-refractivity contribution in [3.8, 4) is 11.1 Å². The Bertz CT molecular complexity index is 1010. The molecular weight excluding hydrogens is 428 g/mol. The topological polar surface area (TPSA) is 98.9 Å². The first-order valence-corrected chi connectivity index (χ1v) is 11.8. The highest BCUT2D eigenvalue weighted by molar-refractivity contribution is 5.90. The molecule has 182 valence electrons. The number of aliphatic hydroxyl groups is 1. The lowest BCUT2D eigenvalue weighted by Gasteiger charge is -2.35. The number of hydrogen-bond donors (Lipinski definition) is 3. The van der Waals surface area contributed by atoms with E-state index in [-0.39, 0.29) is 30.4 Å². The maximum absolute atomic E-state index is 13.3. The molecule has 2 amide bonds. The van der Waals surface area contributed by atoms with Crippen molar-refractivity contribution < 1.29 is 14.7 Å². The molecule has 34 heavy (non-hydrogen) atoms. The molecular formula is C27H36N4O3. The van der Waals surface area contributed by atoms with Gasteiger partial charge >= 0.3 is 0 Å². The number of carbonyl (C=O) groups is 2. The molecule has 0 spiro atoms. The van der Waals surface area contributed by atoms with Gasteiger partial charge in [-0.25, -0.2) is 0 Å². The number of carbonyl (C=O) groups excluding carboxylic acids is 2. The second kappa shape index (κ2) is 11.2. The van der Waals surface area contributed by atoms with Gasteiger partial charge in [-0.15, -0.1) is 0 Å². The molecule has 3 atom stereocenters. The first-order valence-electron chi connectivity index (χ1n) is 11.8. The van der Waals surface area contributed by atoms with Gasteiger partial charge in [0.15, 0.2) is 0 Å². The number of nitrogens with two attached hydrogens (primary N) is 1. The standard InChI is InChI=1S/C27H36N4O3/c1-5-30(4)25(18(2)3)27(34)31-16-8-11-24(31)26(33)29-23(17-32)20-14-12-19(13-15-20)21-9-6-7-10-22(21)28/h5-7,9-10,12-15,18,23-25,32H,1,8,11,16-17,28H2,2-4H3,(H,29,33)/t23-,24-,25-/m0/s1. The van der Waals surface area contributed by atoms with Crippen LogP contribution in [0.25, 0.3) is 11.1 Å². The molecule has 4 N–H and O–H groups in total. The Balaban J connectivity index is 1.73. The summed E-state index contributed by atoms with van der Waals surface area (Å²) >= 11 is 0. The molecule has 1 heterocycles. The van der Waals surface area contributed by atoms with Gasteiger partial charge in [-0.2, -0.15) is 0 Å². The van der Waals surface area contributed by atoms with Crippen molar-refractivity contribution in [2.45, 2.75) is 44.8 Å². The highest BCUT2D eigenvalue weighted by atomic mass is 16.3. The molecule has 1 fully saturated rings. The maximum atomic E-state index is 13.3. The van der Waals surface area contributed by atoms with Crippen LogP contribution in [0, 0.1) is 5.92 Å². The summed E-state index contributed by atoms with van der Waals surface area (Å²) in [7, 11) is 1.83. The number of rotatable bonds is 9. The lowest BCUT2D eigenvalue weighted by molar-refractivity contribution is -0.143. The number of benzene rings is 2. The van der Waals surface area contributed by atoms with Crippen LogP contribution in [0.4, 0.5) is 5.69 Å². The Morgan fingerprint density at radius 1 is 1.24 bits per heavy atom. The number of likely N-dealkylation sites (N-methyl/N-ethyl adjacent to an activating group) is 1. The Hall–Kier alpha value is -3.32. The molecule has 0 aromatic heterocycles. The van der Waals surface area contributed by atoms with E-state index < -0.39 is 12.1 Å². The summed E-state index contributed by atoms with van der Waals surface area (Å²) in [6, 6.07) is 13.8. The minimum atomic E-state index is -0.566. The number of anilines is 1. The molecule has 2 aromatic carbocycles. The Morgan fingerprint density at radius 2 is 1.91 bits per heavy atom. The van der Waals surface area contributed by atoms with Gasteiger partial charge < -0.3 is 26.0 Å². The van der Waals surface area contributed by atoms with E-state index in [4.69, 9.17) is 5.73 Å². The molecule has 1 saturated heterocycles. The number of nitrogens with zero attached hydrogens (tertiary/aromatic N) is 2. The van der Waals surface area contributed by atoms with Gasteiger partial charge in [0.2, 0.25) is 11.8 Å². The summed E-state index contributed by atoms with van der Waals surface area (Å²) in [5.74, 6) is -0.243. The second-order valence-corrected chi connectivity index (χ2v) is 9.18. The van der Waals surface area contributed by atoms with Crippen LogP contribution in [-0.4, -0.2) is 59.0 Å². The van der Waals surface area contributed by atoms with Crippen molar-refractivity contribution in [2.75, 3.05) is 25.9 Å². The summed E-state index contributed by atoms with van der Waals surface area (Å²) in [5.41, 5.74) is 9.45. The molecule has 0 unspecified atom stereocenters. The smallest absolute Gasteiger partial charge is 0.246 e. The minimum absolute atomic E-state index is 0.0691. The van der Waals surface area contributed by atoms with Crippen molar-refractivity contribution in [3.05, 3.63) is 66.9 Å². The molecule has 7 heteroatoms. The number of amides is 2. The van der Waals surface area contributed by atoms with E-state index >= 15 is 0 Å². The first-order chi connectivity index (χ1) is 16.3. The summed E-state index contributed by atoms with van der Waals surface area (Å²) in [6.45, 7) is 8.06. The monoisotopic (exact) mass is 464 g/mol. The highest BCUT2D eigenvalue weighted by Crippen LogP contribution is 2.27. The van der Waals surface area contributed by atoms with E-state index in [9.17, 15) is 14.7 Å². The van der Waals surface area contributed by atoms with E-state index in [0.717, 1.165) is 23.1 Å². The Kier molecular flexibility index (Phi) is 8.34. The average molecular weight is 465 g/mol. The van der Waals surface area contributed by atoms with Crippen LogP contribution in [0.3, 0.4) is 0 Å². The van der Waals surface area contributed by atoms with Crippen molar-refractivity contribution in [1.29, 1.82) is 0 Å². The van der Waals surface area contributed by atoms with Crippen LogP contribution in [0.15, 0.2) is 61.3 Å². The van der Waals surface area contributed by atoms with Gasteiger partial charge in [-0.05, 0) is 42.2 Å². The molecule has 1 aliphatic heterocycles. The Morgan fingerprint density at radius 3 is 2.50 bits per heavy atom. The fraction of sp³-hybridized carbons (Fsp3) is 0.407. The summed E-state index contributed by atoms with van der Waals surface area (Å²) in [4.78, 5) is 30.0. The quantitative estimate of drug-likeness (QED) is 0.495. The van der Waals surface area contributed by atoms with E-state index in [2.05, 4.69) is 11.9 Å². The van der Waals surface area contributed by atoms with Gasteiger partial charge in [0.1, 0.15) is 12.1 Å². The molecule has 0 saturated carbocycles. The zero-order valence-corrected chi connectivity index (χ0v) is 20.3. The molecule has 0 radical (unpaired) electrons. The van der Waals surface area contributed by atoms with E-state index in [0.29, 0.717) is 18.7 Å². The van der Waals surface area contributed by atoms with E-state index in [1.54, 1.807) is 16.0 Å². The molecule has 1 aliphatic rings. The fourth-order valence-electron chi connectivity index (χ4n) is 4.67. The lowest BCUT2D eigenvalue weighted by atomic mass is 9.99. The number of hydrogen-bond acceptors (Lipinski definition) is 5. The second-order valence-electron chi connectivity index (χ2n) is 9.18. The summed E-state index contributed by atoms with van der Waals surface area (Å²) in [6.07, 6.45) is 3.01. The molecule has 2 aromatic rings. The van der Waals surface area contributed by atoms with Crippen LogP contribution >= 0.6 is 0 Å². The van der Waals surface area contributed by atoms with E-state index in [1.165, 1.54) is 0 Å². The van der Waals surface area contributed by atoms with Gasteiger partial charge in [-0.3, -0.25) is 9.59 Å². The maximum Gasteiger partial charge on any atom is 0.246 e. The van der Waals surface area contributed by atoms with Crippen molar-refractivity contribution in [3.63, 3.8) is 0 Å². The van der Waals surface area contributed by atoms with E-state index in [1.807, 2.05) is 69.4 Å². The third kappa shape index (κ3) is 5.42. The number of nitrogen functional groups attached to an aromatic ring is 1. The lowest BCUT2D eigenvalue weighted by Crippen LogP contribution is -2.54. The molecule has 3 rings (SSSR count). The number of likely N-dealkylation sites (tertiary alicyclic amines) is 1. The first kappa shape index (κ1) is 25.3. The highest BCUT2D eigenvalue weighted by Gasteiger charge is 2.39.